The number of aromatic nitrogens is 2. The molecule has 1 N–H and O–H groups in total. The maximum Gasteiger partial charge on any atom is 0.251 e. The molecule has 1 aromatic heterocycles. The van der Waals surface area contributed by atoms with E-state index in [-0.39, 0.29) is 5.56 Å². The van der Waals surface area contributed by atoms with Crippen molar-refractivity contribution in [3.05, 3.63) is 47.0 Å². The zero-order chi connectivity index (χ0) is 10.7. The van der Waals surface area contributed by atoms with Crippen molar-refractivity contribution in [2.75, 3.05) is 7.11 Å². The molecule has 1 aromatic carbocycles. The van der Waals surface area contributed by atoms with Gasteiger partial charge in [-0.2, -0.15) is 0 Å². The molecule has 4 nitrogen and oxygen atoms in total. The molecule has 2 aromatic rings. The summed E-state index contributed by atoms with van der Waals surface area (Å²) in [5, 5.41) is 0. The van der Waals surface area contributed by atoms with Gasteiger partial charge in [-0.25, -0.2) is 4.98 Å². The Balaban J connectivity index is 2.41. The Morgan fingerprint density at radius 1 is 1.27 bits per heavy atom. The molecule has 0 aliphatic heterocycles. The third-order valence-corrected chi connectivity index (χ3v) is 2.06. The van der Waals surface area contributed by atoms with Crippen molar-refractivity contribution in [2.24, 2.45) is 0 Å². The molecule has 0 aliphatic carbocycles. The Morgan fingerprint density at radius 3 is 2.60 bits per heavy atom. The second-order valence-electron chi connectivity index (χ2n) is 3.02. The number of methoxy groups -OCH3 is 1. The number of rotatable bonds is 2. The van der Waals surface area contributed by atoms with Crippen LogP contribution in [0.3, 0.4) is 0 Å². The molecule has 4 heteroatoms. The van der Waals surface area contributed by atoms with Gasteiger partial charge in [-0.3, -0.25) is 4.79 Å². The fourth-order valence-electron chi connectivity index (χ4n) is 1.29. The highest BCUT2D eigenvalue weighted by Gasteiger charge is 1.99. The molecule has 0 spiro atoms. The first-order chi connectivity index (χ1) is 7.29. The SMILES string of the molecule is COc1ccc(-c2cc(=O)[nH]cn2)cc1. The highest BCUT2D eigenvalue weighted by molar-refractivity contribution is 5.59. The van der Waals surface area contributed by atoms with Gasteiger partial charge in [0.15, 0.2) is 0 Å². The van der Waals surface area contributed by atoms with E-state index in [0.717, 1.165) is 11.3 Å². The molecule has 0 unspecified atom stereocenters. The molecule has 0 atom stereocenters. The fraction of sp³-hybridized carbons (Fsp3) is 0.0909. The number of H-pyrrole nitrogens is 1. The van der Waals surface area contributed by atoms with Crippen LogP contribution in [0, 0.1) is 0 Å². The summed E-state index contributed by atoms with van der Waals surface area (Å²) in [4.78, 5) is 17.6. The predicted octanol–water partition coefficient (Wildman–Crippen LogP) is 1.45. The van der Waals surface area contributed by atoms with E-state index in [1.54, 1.807) is 7.11 Å². The number of benzene rings is 1. The van der Waals surface area contributed by atoms with Gasteiger partial charge < -0.3 is 9.72 Å². The van der Waals surface area contributed by atoms with Crippen LogP contribution in [0.1, 0.15) is 0 Å². The topological polar surface area (TPSA) is 55.0 Å². The molecule has 1 heterocycles. The lowest BCUT2D eigenvalue weighted by molar-refractivity contribution is 0.415. The zero-order valence-corrected chi connectivity index (χ0v) is 8.23. The molecule has 0 bridgehead atoms. The first kappa shape index (κ1) is 9.45. The molecular weight excluding hydrogens is 192 g/mol. The van der Waals surface area contributed by atoms with Crippen LogP contribution in [-0.2, 0) is 0 Å². The Bertz CT molecular complexity index is 502. The first-order valence-corrected chi connectivity index (χ1v) is 4.49. The van der Waals surface area contributed by atoms with Crippen LogP contribution in [0.2, 0.25) is 0 Å². The van der Waals surface area contributed by atoms with Gasteiger partial charge in [0.1, 0.15) is 5.75 Å². The molecule has 0 saturated heterocycles. The first-order valence-electron chi connectivity index (χ1n) is 4.49. The van der Waals surface area contributed by atoms with E-state index in [1.165, 1.54) is 12.4 Å². The van der Waals surface area contributed by atoms with Crippen molar-refractivity contribution in [2.45, 2.75) is 0 Å². The van der Waals surface area contributed by atoms with Crippen molar-refractivity contribution < 1.29 is 4.74 Å². The quantitative estimate of drug-likeness (QED) is 0.801. The minimum atomic E-state index is -0.157. The monoisotopic (exact) mass is 202 g/mol. The van der Waals surface area contributed by atoms with Crippen LogP contribution in [0.5, 0.6) is 5.75 Å². The van der Waals surface area contributed by atoms with Crippen molar-refractivity contribution in [3.8, 4) is 17.0 Å². The third-order valence-electron chi connectivity index (χ3n) is 2.06. The molecule has 0 amide bonds. The maximum absolute atomic E-state index is 11.1. The van der Waals surface area contributed by atoms with Crippen LogP contribution in [0.4, 0.5) is 0 Å². The summed E-state index contributed by atoms with van der Waals surface area (Å²) in [5.41, 5.74) is 1.39. The molecule has 0 saturated carbocycles. The van der Waals surface area contributed by atoms with Gasteiger partial charge in [-0.15, -0.1) is 0 Å². The van der Waals surface area contributed by atoms with E-state index < -0.39 is 0 Å². The third kappa shape index (κ3) is 2.04. The maximum atomic E-state index is 11.1. The van der Waals surface area contributed by atoms with E-state index in [2.05, 4.69) is 9.97 Å². The van der Waals surface area contributed by atoms with Gasteiger partial charge in [-0.1, -0.05) is 0 Å². The van der Waals surface area contributed by atoms with Crippen LogP contribution in [0.25, 0.3) is 11.3 Å². The molecule has 0 radical (unpaired) electrons. The van der Waals surface area contributed by atoms with Gasteiger partial charge in [-0.05, 0) is 24.3 Å². The second-order valence-corrected chi connectivity index (χ2v) is 3.02. The van der Waals surface area contributed by atoms with E-state index in [9.17, 15) is 4.79 Å². The molecule has 0 fully saturated rings. The summed E-state index contributed by atoms with van der Waals surface area (Å²) in [6.07, 6.45) is 1.39. The second kappa shape index (κ2) is 3.96. The van der Waals surface area contributed by atoms with Crippen molar-refractivity contribution in [1.29, 1.82) is 0 Å². The number of nitrogens with one attached hydrogen (secondary N) is 1. The lowest BCUT2D eigenvalue weighted by Crippen LogP contribution is -2.04. The standard InChI is InChI=1S/C11H10N2O2/c1-15-9-4-2-8(3-5-9)10-6-11(14)13-7-12-10/h2-7H,1H3,(H,12,13,14). The number of ether oxygens (including phenoxy) is 1. The summed E-state index contributed by atoms with van der Waals surface area (Å²) in [7, 11) is 1.61. The van der Waals surface area contributed by atoms with Crippen LogP contribution >= 0.6 is 0 Å². The average Bonchev–Trinajstić information content (AvgIpc) is 2.29. The minimum absolute atomic E-state index is 0.157. The minimum Gasteiger partial charge on any atom is -0.497 e. The van der Waals surface area contributed by atoms with Crippen LogP contribution in [-0.4, -0.2) is 17.1 Å². The Morgan fingerprint density at radius 2 is 2.00 bits per heavy atom. The molecule has 2 rings (SSSR count). The fourth-order valence-corrected chi connectivity index (χ4v) is 1.29. The largest absolute Gasteiger partial charge is 0.497 e. The number of nitrogens with zero attached hydrogens (tertiary/aromatic N) is 1. The average molecular weight is 202 g/mol. The Labute approximate surface area is 86.6 Å². The van der Waals surface area contributed by atoms with Crippen LogP contribution < -0.4 is 10.3 Å². The molecule has 76 valence electrons. The highest BCUT2D eigenvalue weighted by Crippen LogP contribution is 2.18. The number of aromatic amines is 1. The predicted molar refractivity (Wildman–Crippen MR) is 56.8 cm³/mol. The van der Waals surface area contributed by atoms with E-state index in [1.807, 2.05) is 24.3 Å². The summed E-state index contributed by atoms with van der Waals surface area (Å²) >= 11 is 0. The van der Waals surface area contributed by atoms with Crippen LogP contribution in [0.15, 0.2) is 41.5 Å². The van der Waals surface area contributed by atoms with E-state index in [0.29, 0.717) is 5.69 Å². The highest BCUT2D eigenvalue weighted by atomic mass is 16.5. The summed E-state index contributed by atoms with van der Waals surface area (Å²) < 4.78 is 5.04. The lowest BCUT2D eigenvalue weighted by Gasteiger charge is -2.01. The van der Waals surface area contributed by atoms with Gasteiger partial charge >= 0.3 is 0 Å². The van der Waals surface area contributed by atoms with Crippen molar-refractivity contribution in [3.63, 3.8) is 0 Å². The normalized spacial score (nSPS) is 9.93. The zero-order valence-electron chi connectivity index (χ0n) is 8.23. The van der Waals surface area contributed by atoms with Gasteiger partial charge in [0.05, 0.1) is 19.1 Å². The summed E-state index contributed by atoms with van der Waals surface area (Å²) in [5.74, 6) is 0.781. The number of hydrogen-bond donors (Lipinski definition) is 1. The van der Waals surface area contributed by atoms with E-state index >= 15 is 0 Å². The molecular formula is C11H10N2O2. The number of hydrogen-bond acceptors (Lipinski definition) is 3. The van der Waals surface area contributed by atoms with E-state index in [4.69, 9.17) is 4.74 Å². The van der Waals surface area contributed by atoms with Gasteiger partial charge in [0.2, 0.25) is 0 Å². The van der Waals surface area contributed by atoms with Crippen molar-refractivity contribution in [1.82, 2.24) is 9.97 Å². The molecule has 15 heavy (non-hydrogen) atoms. The van der Waals surface area contributed by atoms with Gasteiger partial charge in [0, 0.05) is 11.6 Å². The Kier molecular flexibility index (Phi) is 2.49. The lowest BCUT2D eigenvalue weighted by atomic mass is 10.1. The van der Waals surface area contributed by atoms with Gasteiger partial charge in [0.25, 0.3) is 5.56 Å². The molecule has 0 aliphatic rings. The smallest absolute Gasteiger partial charge is 0.251 e. The summed E-state index contributed by atoms with van der Waals surface area (Å²) in [6, 6.07) is 8.85. The summed E-state index contributed by atoms with van der Waals surface area (Å²) in [6.45, 7) is 0. The Hall–Kier alpha value is -2.10. The van der Waals surface area contributed by atoms with Crippen molar-refractivity contribution >= 4 is 0 Å².